The fourth-order valence-corrected chi connectivity index (χ4v) is 1.89. The van der Waals surface area contributed by atoms with Crippen molar-refractivity contribution in [2.45, 2.75) is 34.1 Å². The molecular formula is C11H24N2O3S. The van der Waals surface area contributed by atoms with Crippen LogP contribution in [0.1, 0.15) is 34.1 Å². The lowest BCUT2D eigenvalue weighted by Crippen LogP contribution is -2.38. The molecule has 0 rings (SSSR count). The van der Waals surface area contributed by atoms with Gasteiger partial charge in [-0.2, -0.15) is 0 Å². The molecule has 0 aromatic carbocycles. The normalized spacial score (nSPS) is 11.8. The topological polar surface area (TPSA) is 66.5 Å². The van der Waals surface area contributed by atoms with E-state index in [4.69, 9.17) is 0 Å². The van der Waals surface area contributed by atoms with E-state index in [1.807, 2.05) is 0 Å². The molecule has 0 atom stereocenters. The third-order valence-electron chi connectivity index (χ3n) is 2.51. The van der Waals surface area contributed by atoms with Crippen LogP contribution in [0.25, 0.3) is 0 Å². The Morgan fingerprint density at radius 3 is 2.29 bits per heavy atom. The Balaban J connectivity index is 4.06. The Bertz CT molecular complexity index is 326. The fourth-order valence-electron chi connectivity index (χ4n) is 1.28. The Morgan fingerprint density at radius 1 is 1.29 bits per heavy atom. The zero-order valence-corrected chi connectivity index (χ0v) is 12.0. The fraction of sp³-hybridized carbons (Fsp3) is 0.909. The summed E-state index contributed by atoms with van der Waals surface area (Å²) in [6.07, 6.45) is 0.931. The number of carbonyl (C=O) groups is 1. The van der Waals surface area contributed by atoms with Crippen molar-refractivity contribution in [1.29, 1.82) is 0 Å². The molecule has 17 heavy (non-hydrogen) atoms. The second-order valence-corrected chi connectivity index (χ2v) is 6.58. The number of rotatable bonds is 8. The van der Waals surface area contributed by atoms with Gasteiger partial charge in [0.25, 0.3) is 0 Å². The van der Waals surface area contributed by atoms with Crippen LogP contribution < -0.4 is 4.72 Å². The minimum absolute atomic E-state index is 0.0126. The maximum Gasteiger partial charge on any atom is 0.219 e. The Kier molecular flexibility index (Phi) is 7.38. The average Bonchev–Trinajstić information content (AvgIpc) is 2.22. The van der Waals surface area contributed by atoms with Crippen molar-refractivity contribution in [3.8, 4) is 0 Å². The summed E-state index contributed by atoms with van der Waals surface area (Å²) in [7, 11) is -3.16. The molecule has 0 bridgehead atoms. The number of nitrogens with zero attached hydrogens (tertiary/aromatic N) is 1. The molecule has 0 saturated carbocycles. The molecule has 0 unspecified atom stereocenters. The van der Waals surface area contributed by atoms with E-state index in [9.17, 15) is 13.2 Å². The number of hydrogen-bond acceptors (Lipinski definition) is 3. The number of sulfonamides is 1. The third-order valence-corrected chi connectivity index (χ3v) is 3.91. The van der Waals surface area contributed by atoms with Crippen molar-refractivity contribution in [3.05, 3.63) is 0 Å². The van der Waals surface area contributed by atoms with Gasteiger partial charge in [-0.1, -0.05) is 13.8 Å². The largest absolute Gasteiger partial charge is 0.342 e. The third kappa shape index (κ3) is 8.15. The van der Waals surface area contributed by atoms with Gasteiger partial charge in [0.05, 0.1) is 5.75 Å². The van der Waals surface area contributed by atoms with Gasteiger partial charge in [-0.25, -0.2) is 13.1 Å². The highest BCUT2D eigenvalue weighted by Gasteiger charge is 2.11. The van der Waals surface area contributed by atoms with Crippen molar-refractivity contribution in [1.82, 2.24) is 9.62 Å². The molecule has 0 aromatic heterocycles. The van der Waals surface area contributed by atoms with Crippen LogP contribution >= 0.6 is 0 Å². The quantitative estimate of drug-likeness (QED) is 0.706. The van der Waals surface area contributed by atoms with Gasteiger partial charge >= 0.3 is 0 Å². The van der Waals surface area contributed by atoms with Crippen molar-refractivity contribution >= 4 is 15.9 Å². The van der Waals surface area contributed by atoms with E-state index < -0.39 is 10.0 Å². The molecule has 0 aromatic rings. The van der Waals surface area contributed by atoms with Gasteiger partial charge in [-0.15, -0.1) is 0 Å². The van der Waals surface area contributed by atoms with Crippen LogP contribution in [0.5, 0.6) is 0 Å². The number of nitrogens with one attached hydrogen (secondary N) is 1. The molecule has 102 valence electrons. The van der Waals surface area contributed by atoms with E-state index in [-0.39, 0.29) is 18.2 Å². The first kappa shape index (κ1) is 16.4. The first-order chi connectivity index (χ1) is 7.78. The lowest BCUT2D eigenvalue weighted by molar-refractivity contribution is -0.128. The Labute approximate surface area is 105 Å². The minimum atomic E-state index is -3.16. The van der Waals surface area contributed by atoms with E-state index in [1.54, 1.807) is 11.8 Å². The highest BCUT2D eigenvalue weighted by molar-refractivity contribution is 7.89. The van der Waals surface area contributed by atoms with Crippen LogP contribution in [0, 0.1) is 5.92 Å². The van der Waals surface area contributed by atoms with Gasteiger partial charge in [0.2, 0.25) is 15.9 Å². The van der Waals surface area contributed by atoms with Crippen molar-refractivity contribution in [2.75, 3.05) is 25.4 Å². The number of hydrogen-bond donors (Lipinski definition) is 1. The number of amides is 1. The minimum Gasteiger partial charge on any atom is -0.342 e. The lowest BCUT2D eigenvalue weighted by Gasteiger charge is -2.22. The van der Waals surface area contributed by atoms with Gasteiger partial charge in [0, 0.05) is 26.6 Å². The predicted octanol–water partition coefficient (Wildman–Crippen LogP) is 0.820. The zero-order chi connectivity index (χ0) is 13.5. The molecule has 0 fully saturated rings. The SMILES string of the molecule is CCS(=O)(=O)NCCN(CCC(C)C)C(C)=O. The Morgan fingerprint density at radius 2 is 1.88 bits per heavy atom. The summed E-state index contributed by atoms with van der Waals surface area (Å²) in [5.74, 6) is 0.588. The van der Waals surface area contributed by atoms with Crippen molar-refractivity contribution < 1.29 is 13.2 Å². The standard InChI is InChI=1S/C11H24N2O3S/c1-5-17(15,16)12-7-9-13(11(4)14)8-6-10(2)3/h10,12H,5-9H2,1-4H3. The van der Waals surface area contributed by atoms with Crippen LogP contribution in [-0.4, -0.2) is 44.6 Å². The first-order valence-corrected chi connectivity index (χ1v) is 7.66. The molecule has 5 nitrogen and oxygen atoms in total. The second-order valence-electron chi connectivity index (χ2n) is 4.49. The van der Waals surface area contributed by atoms with Crippen LogP contribution in [0.15, 0.2) is 0 Å². The van der Waals surface area contributed by atoms with Crippen molar-refractivity contribution in [3.63, 3.8) is 0 Å². The molecular weight excluding hydrogens is 240 g/mol. The summed E-state index contributed by atoms with van der Waals surface area (Å²) in [5.41, 5.74) is 0. The zero-order valence-electron chi connectivity index (χ0n) is 11.2. The van der Waals surface area contributed by atoms with E-state index in [1.165, 1.54) is 6.92 Å². The number of carbonyl (C=O) groups excluding carboxylic acids is 1. The monoisotopic (exact) mass is 264 g/mol. The van der Waals surface area contributed by atoms with Gasteiger partial charge in [0.1, 0.15) is 0 Å². The molecule has 1 N–H and O–H groups in total. The smallest absolute Gasteiger partial charge is 0.219 e. The highest BCUT2D eigenvalue weighted by atomic mass is 32.2. The molecule has 0 aliphatic rings. The van der Waals surface area contributed by atoms with E-state index in [2.05, 4.69) is 18.6 Å². The van der Waals surface area contributed by atoms with E-state index in [0.29, 0.717) is 19.0 Å². The highest BCUT2D eigenvalue weighted by Crippen LogP contribution is 2.02. The lowest BCUT2D eigenvalue weighted by atomic mass is 10.1. The maximum atomic E-state index is 11.3. The van der Waals surface area contributed by atoms with Crippen LogP contribution in [-0.2, 0) is 14.8 Å². The molecule has 0 radical (unpaired) electrons. The van der Waals surface area contributed by atoms with Gasteiger partial charge in [-0.3, -0.25) is 4.79 Å². The van der Waals surface area contributed by atoms with Crippen molar-refractivity contribution in [2.24, 2.45) is 5.92 Å². The van der Waals surface area contributed by atoms with Gasteiger partial charge < -0.3 is 4.90 Å². The van der Waals surface area contributed by atoms with Crippen LogP contribution in [0.2, 0.25) is 0 Å². The molecule has 0 spiro atoms. The Hall–Kier alpha value is -0.620. The summed E-state index contributed by atoms with van der Waals surface area (Å²) >= 11 is 0. The molecule has 6 heteroatoms. The summed E-state index contributed by atoms with van der Waals surface area (Å²) in [4.78, 5) is 13.0. The summed E-state index contributed by atoms with van der Waals surface area (Å²) in [6, 6.07) is 0. The second kappa shape index (κ2) is 7.66. The predicted molar refractivity (Wildman–Crippen MR) is 69.2 cm³/mol. The molecule has 0 aliphatic heterocycles. The van der Waals surface area contributed by atoms with Gasteiger partial charge in [-0.05, 0) is 19.3 Å². The molecule has 0 aliphatic carbocycles. The summed E-state index contributed by atoms with van der Waals surface area (Å²) < 4.78 is 24.9. The van der Waals surface area contributed by atoms with E-state index in [0.717, 1.165) is 6.42 Å². The van der Waals surface area contributed by atoms with Crippen LogP contribution in [0.3, 0.4) is 0 Å². The molecule has 1 amide bonds. The summed E-state index contributed by atoms with van der Waals surface area (Å²) in [6.45, 7) is 8.69. The van der Waals surface area contributed by atoms with E-state index >= 15 is 0 Å². The molecule has 0 saturated heterocycles. The first-order valence-electron chi connectivity index (χ1n) is 6.01. The van der Waals surface area contributed by atoms with Gasteiger partial charge in [0.15, 0.2) is 0 Å². The van der Waals surface area contributed by atoms with Crippen LogP contribution in [0.4, 0.5) is 0 Å². The average molecular weight is 264 g/mol. The maximum absolute atomic E-state index is 11.3. The molecule has 0 heterocycles. The summed E-state index contributed by atoms with van der Waals surface area (Å²) in [5, 5.41) is 0.